The standard InChI is InChI=1S/C15H21NO4/c1-5-20-14(18)9-16(10(2)3)15(19)12-7-6-11(4)13(17)8-12/h6-8,10,17H,5,9H2,1-4H3. The van der Waals surface area contributed by atoms with E-state index in [2.05, 4.69) is 0 Å². The van der Waals surface area contributed by atoms with Crippen molar-refractivity contribution < 1.29 is 19.4 Å². The summed E-state index contributed by atoms with van der Waals surface area (Å²) >= 11 is 0. The normalized spacial score (nSPS) is 10.4. The van der Waals surface area contributed by atoms with Crippen molar-refractivity contribution in [3.8, 4) is 5.75 Å². The fourth-order valence-corrected chi connectivity index (χ4v) is 1.74. The van der Waals surface area contributed by atoms with Crippen molar-refractivity contribution in [1.29, 1.82) is 0 Å². The summed E-state index contributed by atoms with van der Waals surface area (Å²) in [6, 6.07) is 4.58. The van der Waals surface area contributed by atoms with E-state index in [0.717, 1.165) is 0 Å². The van der Waals surface area contributed by atoms with Gasteiger partial charge >= 0.3 is 5.97 Å². The number of carbonyl (C=O) groups is 2. The Balaban J connectivity index is 2.93. The van der Waals surface area contributed by atoms with E-state index >= 15 is 0 Å². The Kier molecular flexibility index (Phi) is 5.55. The van der Waals surface area contributed by atoms with Crippen LogP contribution in [0.2, 0.25) is 0 Å². The average molecular weight is 279 g/mol. The molecule has 0 aliphatic heterocycles. The summed E-state index contributed by atoms with van der Waals surface area (Å²) in [6.07, 6.45) is 0. The number of hydrogen-bond acceptors (Lipinski definition) is 4. The number of amides is 1. The highest BCUT2D eigenvalue weighted by molar-refractivity contribution is 5.96. The molecule has 0 saturated carbocycles. The molecule has 0 bridgehead atoms. The van der Waals surface area contributed by atoms with Gasteiger partial charge in [0, 0.05) is 11.6 Å². The van der Waals surface area contributed by atoms with Crippen LogP contribution < -0.4 is 0 Å². The van der Waals surface area contributed by atoms with Crippen molar-refractivity contribution >= 4 is 11.9 Å². The highest BCUT2D eigenvalue weighted by atomic mass is 16.5. The number of aryl methyl sites for hydroxylation is 1. The van der Waals surface area contributed by atoms with Crippen LogP contribution in [0.4, 0.5) is 0 Å². The molecule has 0 saturated heterocycles. The molecule has 0 heterocycles. The molecular formula is C15H21NO4. The molecule has 5 nitrogen and oxygen atoms in total. The zero-order chi connectivity index (χ0) is 15.3. The number of benzene rings is 1. The van der Waals surface area contributed by atoms with Crippen LogP contribution in [0.1, 0.15) is 36.7 Å². The van der Waals surface area contributed by atoms with Crippen molar-refractivity contribution in [3.05, 3.63) is 29.3 Å². The maximum atomic E-state index is 12.4. The SMILES string of the molecule is CCOC(=O)CN(C(=O)c1ccc(C)c(O)c1)C(C)C. The van der Waals surface area contributed by atoms with E-state index < -0.39 is 5.97 Å². The van der Waals surface area contributed by atoms with Gasteiger partial charge in [0.1, 0.15) is 12.3 Å². The lowest BCUT2D eigenvalue weighted by Gasteiger charge is -2.25. The number of nitrogens with zero attached hydrogens (tertiary/aromatic N) is 1. The summed E-state index contributed by atoms with van der Waals surface area (Å²) in [5.41, 5.74) is 1.05. The Labute approximate surface area is 119 Å². The molecule has 0 radical (unpaired) electrons. The minimum atomic E-state index is -0.439. The van der Waals surface area contributed by atoms with Gasteiger partial charge in [-0.05, 0) is 45.4 Å². The lowest BCUT2D eigenvalue weighted by molar-refractivity contribution is -0.144. The molecule has 0 unspecified atom stereocenters. The number of rotatable bonds is 5. The van der Waals surface area contributed by atoms with Crippen molar-refractivity contribution in [1.82, 2.24) is 4.90 Å². The average Bonchev–Trinajstić information content (AvgIpc) is 2.38. The fourth-order valence-electron chi connectivity index (χ4n) is 1.74. The van der Waals surface area contributed by atoms with Crippen molar-refractivity contribution in [2.75, 3.05) is 13.2 Å². The molecule has 1 rings (SSSR count). The lowest BCUT2D eigenvalue weighted by Crippen LogP contribution is -2.41. The summed E-state index contributed by atoms with van der Waals surface area (Å²) < 4.78 is 4.87. The molecule has 1 aromatic rings. The van der Waals surface area contributed by atoms with E-state index in [9.17, 15) is 14.7 Å². The molecule has 0 aliphatic carbocycles. The monoisotopic (exact) mass is 279 g/mol. The zero-order valence-electron chi connectivity index (χ0n) is 12.3. The second kappa shape index (κ2) is 6.93. The molecule has 110 valence electrons. The zero-order valence-corrected chi connectivity index (χ0v) is 12.3. The van der Waals surface area contributed by atoms with Gasteiger partial charge in [-0.1, -0.05) is 6.07 Å². The molecule has 20 heavy (non-hydrogen) atoms. The molecule has 0 fully saturated rings. The van der Waals surface area contributed by atoms with E-state index in [0.29, 0.717) is 11.1 Å². The Hall–Kier alpha value is -2.04. The van der Waals surface area contributed by atoms with Crippen LogP contribution >= 0.6 is 0 Å². The van der Waals surface area contributed by atoms with Crippen LogP contribution in [0.15, 0.2) is 18.2 Å². The highest BCUT2D eigenvalue weighted by Gasteiger charge is 2.22. The molecule has 1 N–H and O–H groups in total. The third kappa shape index (κ3) is 3.98. The first-order valence-corrected chi connectivity index (χ1v) is 6.63. The van der Waals surface area contributed by atoms with Crippen LogP contribution in [-0.4, -0.2) is 41.1 Å². The van der Waals surface area contributed by atoms with Crippen LogP contribution in [0.5, 0.6) is 5.75 Å². The number of aromatic hydroxyl groups is 1. The van der Waals surface area contributed by atoms with Gasteiger partial charge in [-0.25, -0.2) is 0 Å². The summed E-state index contributed by atoms with van der Waals surface area (Å²) in [6.45, 7) is 7.31. The van der Waals surface area contributed by atoms with Gasteiger partial charge in [-0.3, -0.25) is 9.59 Å². The summed E-state index contributed by atoms with van der Waals surface area (Å²) in [5.74, 6) is -0.676. The Bertz CT molecular complexity index is 497. The van der Waals surface area contributed by atoms with Crippen LogP contribution in [0.25, 0.3) is 0 Å². The molecule has 1 amide bonds. The first kappa shape index (κ1) is 16.0. The van der Waals surface area contributed by atoms with E-state index in [-0.39, 0.29) is 30.9 Å². The molecule has 5 heteroatoms. The van der Waals surface area contributed by atoms with Gasteiger partial charge in [-0.15, -0.1) is 0 Å². The van der Waals surface area contributed by atoms with Crippen molar-refractivity contribution in [3.63, 3.8) is 0 Å². The number of hydrogen-bond donors (Lipinski definition) is 1. The van der Waals surface area contributed by atoms with Gasteiger partial charge in [-0.2, -0.15) is 0 Å². The highest BCUT2D eigenvalue weighted by Crippen LogP contribution is 2.19. The second-order valence-electron chi connectivity index (χ2n) is 4.83. The predicted molar refractivity (Wildman–Crippen MR) is 75.6 cm³/mol. The van der Waals surface area contributed by atoms with Gasteiger partial charge < -0.3 is 14.7 Å². The van der Waals surface area contributed by atoms with Crippen LogP contribution in [-0.2, 0) is 9.53 Å². The maximum Gasteiger partial charge on any atom is 0.325 e. The van der Waals surface area contributed by atoms with E-state index in [4.69, 9.17) is 4.74 Å². The third-order valence-corrected chi connectivity index (χ3v) is 2.95. The molecule has 0 aromatic heterocycles. The maximum absolute atomic E-state index is 12.4. The Morgan fingerprint density at radius 3 is 2.50 bits per heavy atom. The quantitative estimate of drug-likeness (QED) is 0.838. The Morgan fingerprint density at radius 1 is 1.35 bits per heavy atom. The summed E-state index contributed by atoms with van der Waals surface area (Å²) in [4.78, 5) is 25.4. The third-order valence-electron chi connectivity index (χ3n) is 2.95. The van der Waals surface area contributed by atoms with E-state index in [1.165, 1.54) is 11.0 Å². The smallest absolute Gasteiger partial charge is 0.325 e. The molecule has 0 aliphatic rings. The Morgan fingerprint density at radius 2 is 2.00 bits per heavy atom. The van der Waals surface area contributed by atoms with Gasteiger partial charge in [0.05, 0.1) is 6.61 Å². The first-order valence-electron chi connectivity index (χ1n) is 6.63. The molecule has 1 aromatic carbocycles. The molecule has 0 spiro atoms. The number of ether oxygens (including phenoxy) is 1. The topological polar surface area (TPSA) is 66.8 Å². The van der Waals surface area contributed by atoms with E-state index in [1.54, 1.807) is 26.0 Å². The number of esters is 1. The minimum absolute atomic E-state index is 0.0655. The first-order chi connectivity index (χ1) is 9.36. The molecule has 0 atom stereocenters. The van der Waals surface area contributed by atoms with E-state index in [1.807, 2.05) is 13.8 Å². The van der Waals surface area contributed by atoms with Gasteiger partial charge in [0.25, 0.3) is 5.91 Å². The minimum Gasteiger partial charge on any atom is -0.508 e. The fraction of sp³-hybridized carbons (Fsp3) is 0.467. The van der Waals surface area contributed by atoms with Gasteiger partial charge in [0.15, 0.2) is 0 Å². The van der Waals surface area contributed by atoms with Crippen molar-refractivity contribution in [2.24, 2.45) is 0 Å². The summed E-state index contributed by atoms with van der Waals surface area (Å²) in [7, 11) is 0. The number of phenols is 1. The lowest BCUT2D eigenvalue weighted by atomic mass is 10.1. The second-order valence-corrected chi connectivity index (χ2v) is 4.83. The van der Waals surface area contributed by atoms with Crippen molar-refractivity contribution in [2.45, 2.75) is 33.7 Å². The van der Waals surface area contributed by atoms with Gasteiger partial charge in [0.2, 0.25) is 0 Å². The van der Waals surface area contributed by atoms with Crippen LogP contribution in [0, 0.1) is 6.92 Å². The number of phenolic OH excluding ortho intramolecular Hbond substituents is 1. The number of carbonyl (C=O) groups excluding carboxylic acids is 2. The van der Waals surface area contributed by atoms with Crippen LogP contribution in [0.3, 0.4) is 0 Å². The molecular weight excluding hydrogens is 258 g/mol. The largest absolute Gasteiger partial charge is 0.508 e. The summed E-state index contributed by atoms with van der Waals surface area (Å²) in [5, 5.41) is 9.67. The predicted octanol–water partition coefficient (Wildman–Crippen LogP) is 2.11.